The predicted molar refractivity (Wildman–Crippen MR) is 93.4 cm³/mol. The number of sulfonamides is 1. The monoisotopic (exact) mass is 342 g/mol. The van der Waals surface area contributed by atoms with Crippen LogP contribution in [0.4, 0.5) is 5.88 Å². The van der Waals surface area contributed by atoms with Crippen LogP contribution in [0.1, 0.15) is 16.8 Å². The maximum Gasteiger partial charge on any atom is 0.265 e. The Bertz CT molecular complexity index is 977. The van der Waals surface area contributed by atoms with Gasteiger partial charge >= 0.3 is 0 Å². The number of nitrogens with zero attached hydrogens (tertiary/aromatic N) is 1. The highest BCUT2D eigenvalue weighted by atomic mass is 32.2. The molecule has 0 amide bonds. The molecule has 1 heterocycles. The van der Waals surface area contributed by atoms with E-state index in [1.807, 2.05) is 36.4 Å². The number of anilines is 1. The van der Waals surface area contributed by atoms with Gasteiger partial charge in [0.2, 0.25) is 5.88 Å². The molecule has 0 saturated heterocycles. The Balaban J connectivity index is 2.13. The third-order valence-corrected chi connectivity index (χ3v) is 5.48. The first kappa shape index (κ1) is 16.3. The SMILES string of the molecule is Cc1cccc(-c2ccccc2)c1S(=O)(=O)Nc1onc(C)c1C. The molecule has 0 aliphatic heterocycles. The second-order valence-electron chi connectivity index (χ2n) is 5.65. The summed E-state index contributed by atoms with van der Waals surface area (Å²) < 4.78 is 33.6. The summed E-state index contributed by atoms with van der Waals surface area (Å²) >= 11 is 0. The molecule has 0 bridgehead atoms. The molecule has 6 heteroatoms. The number of hydrogen-bond acceptors (Lipinski definition) is 4. The lowest BCUT2D eigenvalue weighted by Gasteiger charge is -2.14. The highest BCUT2D eigenvalue weighted by molar-refractivity contribution is 7.93. The Morgan fingerprint density at radius 2 is 1.67 bits per heavy atom. The topological polar surface area (TPSA) is 72.2 Å². The van der Waals surface area contributed by atoms with Crippen LogP contribution in [0.2, 0.25) is 0 Å². The van der Waals surface area contributed by atoms with Crippen molar-refractivity contribution >= 4 is 15.9 Å². The summed E-state index contributed by atoms with van der Waals surface area (Å²) in [5.41, 5.74) is 3.48. The second-order valence-corrected chi connectivity index (χ2v) is 7.26. The molecule has 0 fully saturated rings. The molecule has 0 atom stereocenters. The summed E-state index contributed by atoms with van der Waals surface area (Å²) in [4.78, 5) is 0.240. The molecular formula is C18H18N2O3S. The smallest absolute Gasteiger partial charge is 0.265 e. The van der Waals surface area contributed by atoms with Crippen LogP contribution in [0.3, 0.4) is 0 Å². The van der Waals surface area contributed by atoms with Crippen molar-refractivity contribution in [1.82, 2.24) is 5.16 Å². The first-order chi connectivity index (χ1) is 11.4. The number of nitrogens with one attached hydrogen (secondary N) is 1. The van der Waals surface area contributed by atoms with Crippen molar-refractivity contribution in [1.29, 1.82) is 0 Å². The van der Waals surface area contributed by atoms with E-state index in [1.165, 1.54) is 0 Å². The zero-order chi connectivity index (χ0) is 17.3. The molecule has 5 nitrogen and oxygen atoms in total. The van der Waals surface area contributed by atoms with Gasteiger partial charge < -0.3 is 4.52 Å². The van der Waals surface area contributed by atoms with Gasteiger partial charge in [0, 0.05) is 11.1 Å². The lowest BCUT2D eigenvalue weighted by atomic mass is 10.0. The lowest BCUT2D eigenvalue weighted by Crippen LogP contribution is -2.15. The lowest BCUT2D eigenvalue weighted by molar-refractivity contribution is 0.430. The summed E-state index contributed by atoms with van der Waals surface area (Å²) in [7, 11) is -3.82. The highest BCUT2D eigenvalue weighted by Gasteiger charge is 2.24. The van der Waals surface area contributed by atoms with Crippen molar-refractivity contribution in [2.75, 3.05) is 4.72 Å². The van der Waals surface area contributed by atoms with Crippen molar-refractivity contribution in [2.45, 2.75) is 25.7 Å². The number of aromatic nitrogens is 1. The van der Waals surface area contributed by atoms with E-state index in [0.29, 0.717) is 22.4 Å². The van der Waals surface area contributed by atoms with E-state index in [9.17, 15) is 8.42 Å². The molecule has 0 saturated carbocycles. The Labute approximate surface area is 141 Å². The summed E-state index contributed by atoms with van der Waals surface area (Å²) in [6.45, 7) is 5.30. The van der Waals surface area contributed by atoms with E-state index < -0.39 is 10.0 Å². The molecule has 3 rings (SSSR count). The first-order valence-corrected chi connectivity index (χ1v) is 8.99. The summed E-state index contributed by atoms with van der Waals surface area (Å²) in [5, 5.41) is 3.80. The summed E-state index contributed by atoms with van der Waals surface area (Å²) in [5.74, 6) is 0.148. The van der Waals surface area contributed by atoms with Crippen LogP contribution < -0.4 is 4.72 Å². The third kappa shape index (κ3) is 2.92. The summed E-state index contributed by atoms with van der Waals surface area (Å²) in [6, 6.07) is 14.9. The Kier molecular flexibility index (Phi) is 4.15. The fraction of sp³-hybridized carbons (Fsp3) is 0.167. The zero-order valence-corrected chi connectivity index (χ0v) is 14.5. The van der Waals surface area contributed by atoms with Crippen LogP contribution in [0.25, 0.3) is 11.1 Å². The fourth-order valence-electron chi connectivity index (χ4n) is 2.54. The normalized spacial score (nSPS) is 11.5. The Hall–Kier alpha value is -2.60. The Morgan fingerprint density at radius 3 is 2.29 bits per heavy atom. The van der Waals surface area contributed by atoms with Gasteiger partial charge in [-0.15, -0.1) is 0 Å². The molecule has 0 unspecified atom stereocenters. The second kappa shape index (κ2) is 6.13. The number of benzene rings is 2. The van der Waals surface area contributed by atoms with E-state index in [-0.39, 0.29) is 10.8 Å². The van der Waals surface area contributed by atoms with Crippen LogP contribution in [0.15, 0.2) is 57.9 Å². The standard InChI is InChI=1S/C18H18N2O3S/c1-12-8-7-11-16(15-9-5-4-6-10-15)17(12)24(21,22)20-18-13(2)14(3)19-23-18/h4-11,20H,1-3H3. The van der Waals surface area contributed by atoms with Crippen LogP contribution in [-0.2, 0) is 10.0 Å². The molecule has 0 radical (unpaired) electrons. The molecule has 0 spiro atoms. The molecule has 24 heavy (non-hydrogen) atoms. The van der Waals surface area contributed by atoms with E-state index >= 15 is 0 Å². The predicted octanol–water partition coefficient (Wildman–Crippen LogP) is 4.07. The van der Waals surface area contributed by atoms with E-state index in [2.05, 4.69) is 9.88 Å². The average Bonchev–Trinajstić information content (AvgIpc) is 2.87. The van der Waals surface area contributed by atoms with Crippen molar-refractivity contribution in [3.05, 3.63) is 65.4 Å². The van der Waals surface area contributed by atoms with Crippen LogP contribution >= 0.6 is 0 Å². The minimum absolute atomic E-state index is 0.148. The van der Waals surface area contributed by atoms with Crippen LogP contribution in [0, 0.1) is 20.8 Å². The van der Waals surface area contributed by atoms with E-state index in [1.54, 1.807) is 32.9 Å². The van der Waals surface area contributed by atoms with Gasteiger partial charge in [-0.1, -0.05) is 53.7 Å². The van der Waals surface area contributed by atoms with Crippen molar-refractivity contribution in [3.63, 3.8) is 0 Å². The van der Waals surface area contributed by atoms with Crippen LogP contribution in [-0.4, -0.2) is 13.6 Å². The zero-order valence-electron chi connectivity index (χ0n) is 13.7. The maximum atomic E-state index is 13.0. The quantitative estimate of drug-likeness (QED) is 0.776. The van der Waals surface area contributed by atoms with Gasteiger partial charge in [-0.25, -0.2) is 13.1 Å². The summed E-state index contributed by atoms with van der Waals surface area (Å²) in [6.07, 6.45) is 0. The molecule has 0 aliphatic rings. The number of aryl methyl sites for hydroxylation is 2. The van der Waals surface area contributed by atoms with Gasteiger partial charge in [0.25, 0.3) is 10.0 Å². The van der Waals surface area contributed by atoms with Gasteiger partial charge in [-0.2, -0.15) is 0 Å². The Morgan fingerprint density at radius 1 is 0.958 bits per heavy atom. The molecule has 124 valence electrons. The van der Waals surface area contributed by atoms with E-state index in [4.69, 9.17) is 4.52 Å². The molecule has 0 aliphatic carbocycles. The van der Waals surface area contributed by atoms with Crippen molar-refractivity contribution in [3.8, 4) is 11.1 Å². The maximum absolute atomic E-state index is 13.0. The molecule has 1 N–H and O–H groups in total. The van der Waals surface area contributed by atoms with Gasteiger partial charge in [-0.3, -0.25) is 0 Å². The van der Waals surface area contributed by atoms with Gasteiger partial charge in [0.1, 0.15) is 0 Å². The molecule has 3 aromatic rings. The fourth-order valence-corrected chi connectivity index (χ4v) is 4.04. The van der Waals surface area contributed by atoms with Gasteiger partial charge in [0.05, 0.1) is 10.6 Å². The first-order valence-electron chi connectivity index (χ1n) is 7.51. The average molecular weight is 342 g/mol. The molecule has 2 aromatic carbocycles. The van der Waals surface area contributed by atoms with Crippen molar-refractivity contribution in [2.24, 2.45) is 0 Å². The molecular weight excluding hydrogens is 324 g/mol. The number of hydrogen-bond donors (Lipinski definition) is 1. The van der Waals surface area contributed by atoms with Crippen LogP contribution in [0.5, 0.6) is 0 Å². The minimum Gasteiger partial charge on any atom is -0.337 e. The largest absolute Gasteiger partial charge is 0.337 e. The van der Waals surface area contributed by atoms with Gasteiger partial charge in [0.15, 0.2) is 0 Å². The molecule has 1 aromatic heterocycles. The van der Waals surface area contributed by atoms with Crippen molar-refractivity contribution < 1.29 is 12.9 Å². The highest BCUT2D eigenvalue weighted by Crippen LogP contribution is 2.32. The van der Waals surface area contributed by atoms with E-state index in [0.717, 1.165) is 5.56 Å². The minimum atomic E-state index is -3.82. The van der Waals surface area contributed by atoms with Gasteiger partial charge in [-0.05, 0) is 31.9 Å². The third-order valence-electron chi connectivity index (χ3n) is 3.95. The number of rotatable bonds is 4.